The topological polar surface area (TPSA) is 116 Å². The van der Waals surface area contributed by atoms with Crippen LogP contribution in [0.1, 0.15) is 36.5 Å². The Balaban J connectivity index is 1.88. The Morgan fingerprint density at radius 3 is 2.57 bits per heavy atom. The van der Waals surface area contributed by atoms with Crippen LogP contribution in [0.4, 0.5) is 5.82 Å². The van der Waals surface area contributed by atoms with Crippen LogP contribution in [-0.2, 0) is 16.1 Å². The maximum absolute atomic E-state index is 12.8. The van der Waals surface area contributed by atoms with Crippen LogP contribution in [0.25, 0.3) is 10.8 Å². The summed E-state index contributed by atoms with van der Waals surface area (Å²) in [4.78, 5) is 37.6. The van der Waals surface area contributed by atoms with Gasteiger partial charge in [-0.05, 0) is 26.3 Å². The van der Waals surface area contributed by atoms with Crippen LogP contribution < -0.4 is 10.9 Å². The highest BCUT2D eigenvalue weighted by atomic mass is 16.5. The number of aryl methyl sites for hydroxylation is 2. The molecular formula is C19H20N4O5. The summed E-state index contributed by atoms with van der Waals surface area (Å²) in [6.45, 7) is 5.46. The van der Waals surface area contributed by atoms with Crippen molar-refractivity contribution in [3.05, 3.63) is 52.1 Å². The van der Waals surface area contributed by atoms with Crippen molar-refractivity contribution in [3.63, 3.8) is 0 Å². The van der Waals surface area contributed by atoms with Crippen molar-refractivity contribution in [1.82, 2.24) is 14.9 Å². The average molecular weight is 384 g/mol. The molecule has 1 aromatic carbocycles. The first-order valence-electron chi connectivity index (χ1n) is 8.89. The van der Waals surface area contributed by atoms with E-state index in [1.807, 2.05) is 0 Å². The van der Waals surface area contributed by atoms with Gasteiger partial charge in [-0.25, -0.2) is 9.48 Å². The lowest BCUT2D eigenvalue weighted by Crippen LogP contribution is -2.33. The number of benzene rings is 1. The first-order valence-corrected chi connectivity index (χ1v) is 8.89. The number of fused-ring (bicyclic) bond motifs is 1. The van der Waals surface area contributed by atoms with Gasteiger partial charge < -0.3 is 14.6 Å². The number of aromatic nitrogens is 3. The molecular weight excluding hydrogens is 364 g/mol. The molecule has 0 aliphatic rings. The van der Waals surface area contributed by atoms with Crippen molar-refractivity contribution in [3.8, 4) is 0 Å². The molecule has 1 N–H and O–H groups in total. The lowest BCUT2D eigenvalue weighted by Gasteiger charge is -2.16. The summed E-state index contributed by atoms with van der Waals surface area (Å²) in [5.74, 6) is -0.535. The largest absolute Gasteiger partial charge is 0.447 e. The zero-order valence-corrected chi connectivity index (χ0v) is 15.8. The Bertz CT molecular complexity index is 1090. The molecule has 3 rings (SSSR count). The van der Waals surface area contributed by atoms with Gasteiger partial charge in [-0.15, -0.1) is 0 Å². The maximum Gasteiger partial charge on any atom is 0.360 e. The molecule has 0 radical (unpaired) electrons. The van der Waals surface area contributed by atoms with Crippen molar-refractivity contribution in [2.24, 2.45) is 0 Å². The van der Waals surface area contributed by atoms with Crippen molar-refractivity contribution in [1.29, 1.82) is 0 Å². The number of ether oxygens (including phenoxy) is 1. The van der Waals surface area contributed by atoms with E-state index in [0.717, 1.165) is 0 Å². The maximum atomic E-state index is 12.8. The third-order valence-electron chi connectivity index (χ3n) is 4.15. The van der Waals surface area contributed by atoms with Gasteiger partial charge >= 0.3 is 5.97 Å². The minimum absolute atomic E-state index is 0.0134. The first kappa shape index (κ1) is 19.3. The zero-order valence-electron chi connectivity index (χ0n) is 15.8. The second-order valence-electron chi connectivity index (χ2n) is 6.13. The number of rotatable bonds is 6. The van der Waals surface area contributed by atoms with E-state index in [9.17, 15) is 14.4 Å². The van der Waals surface area contributed by atoms with Gasteiger partial charge in [0.25, 0.3) is 11.5 Å². The van der Waals surface area contributed by atoms with Gasteiger partial charge in [0.15, 0.2) is 17.6 Å². The monoisotopic (exact) mass is 384 g/mol. The van der Waals surface area contributed by atoms with Gasteiger partial charge in [-0.1, -0.05) is 30.3 Å². The molecule has 2 aromatic heterocycles. The number of hydrogen-bond donors (Lipinski definition) is 1. The van der Waals surface area contributed by atoms with Crippen molar-refractivity contribution < 1.29 is 18.8 Å². The molecule has 0 saturated heterocycles. The second-order valence-corrected chi connectivity index (χ2v) is 6.13. The third kappa shape index (κ3) is 3.78. The smallest absolute Gasteiger partial charge is 0.360 e. The second kappa shape index (κ2) is 8.03. The van der Waals surface area contributed by atoms with E-state index in [1.165, 1.54) is 4.68 Å². The van der Waals surface area contributed by atoms with Crippen LogP contribution >= 0.6 is 0 Å². The van der Waals surface area contributed by atoms with Gasteiger partial charge in [-0.2, -0.15) is 5.10 Å². The standard InChI is InChI=1S/C19H20N4O5/c1-4-14(17(24)20-15-10-11(3)28-22-15)27-19(26)16-12-8-6-7-9-13(12)18(25)23(5-2)21-16/h6-10,14H,4-5H2,1-3H3,(H,20,22,24)/t14-/m1/s1. The minimum atomic E-state index is -1.05. The molecule has 1 atom stereocenters. The van der Waals surface area contributed by atoms with Gasteiger partial charge in [0.2, 0.25) is 0 Å². The average Bonchev–Trinajstić information content (AvgIpc) is 3.10. The molecule has 0 spiro atoms. The van der Waals surface area contributed by atoms with E-state index in [2.05, 4.69) is 15.6 Å². The molecule has 0 fully saturated rings. The van der Waals surface area contributed by atoms with E-state index in [0.29, 0.717) is 23.1 Å². The third-order valence-corrected chi connectivity index (χ3v) is 4.15. The fraction of sp³-hybridized carbons (Fsp3) is 0.316. The summed E-state index contributed by atoms with van der Waals surface area (Å²) < 4.78 is 11.5. The normalized spacial score (nSPS) is 12.0. The number of nitrogens with one attached hydrogen (secondary N) is 1. The van der Waals surface area contributed by atoms with Gasteiger partial charge in [-0.3, -0.25) is 9.59 Å². The Hall–Kier alpha value is -3.49. The van der Waals surface area contributed by atoms with Crippen molar-refractivity contribution in [2.75, 3.05) is 5.32 Å². The fourth-order valence-electron chi connectivity index (χ4n) is 2.74. The van der Waals surface area contributed by atoms with Gasteiger partial charge in [0, 0.05) is 18.0 Å². The molecule has 0 saturated carbocycles. The van der Waals surface area contributed by atoms with E-state index in [1.54, 1.807) is 51.1 Å². The minimum Gasteiger partial charge on any atom is -0.447 e. The molecule has 2 heterocycles. The molecule has 0 bridgehead atoms. The quantitative estimate of drug-likeness (QED) is 0.648. The van der Waals surface area contributed by atoms with Crippen LogP contribution in [0.3, 0.4) is 0 Å². The van der Waals surface area contributed by atoms with E-state index < -0.39 is 18.0 Å². The Labute approximate surface area is 160 Å². The summed E-state index contributed by atoms with van der Waals surface area (Å²) in [5.41, 5.74) is -0.304. The zero-order chi connectivity index (χ0) is 20.3. The van der Waals surface area contributed by atoms with Gasteiger partial charge in [0.1, 0.15) is 5.76 Å². The fourth-order valence-corrected chi connectivity index (χ4v) is 2.74. The Kier molecular flexibility index (Phi) is 5.53. The molecule has 9 heteroatoms. The van der Waals surface area contributed by atoms with Crippen LogP contribution in [0.5, 0.6) is 0 Å². The molecule has 9 nitrogen and oxygen atoms in total. The van der Waals surface area contributed by atoms with Crippen LogP contribution in [0, 0.1) is 6.92 Å². The molecule has 28 heavy (non-hydrogen) atoms. The number of amides is 1. The summed E-state index contributed by atoms with van der Waals surface area (Å²) in [6.07, 6.45) is -0.799. The highest BCUT2D eigenvalue weighted by molar-refractivity contribution is 6.03. The van der Waals surface area contributed by atoms with Crippen molar-refractivity contribution >= 4 is 28.5 Å². The lowest BCUT2D eigenvalue weighted by molar-refractivity contribution is -0.124. The van der Waals surface area contributed by atoms with Crippen LogP contribution in [0.15, 0.2) is 39.6 Å². The summed E-state index contributed by atoms with van der Waals surface area (Å²) in [5, 5.41) is 11.1. The van der Waals surface area contributed by atoms with Crippen LogP contribution in [-0.4, -0.2) is 32.9 Å². The highest BCUT2D eigenvalue weighted by Gasteiger charge is 2.25. The molecule has 3 aromatic rings. The molecule has 146 valence electrons. The number of carbonyl (C=O) groups excluding carboxylic acids is 2. The number of hydrogen-bond acceptors (Lipinski definition) is 7. The van der Waals surface area contributed by atoms with E-state index in [-0.39, 0.29) is 23.5 Å². The number of esters is 1. The predicted octanol–water partition coefficient (Wildman–Crippen LogP) is 2.29. The molecule has 0 aliphatic heterocycles. The Morgan fingerprint density at radius 1 is 1.25 bits per heavy atom. The SMILES string of the molecule is CC[C@@H](OC(=O)c1nn(CC)c(=O)c2ccccc12)C(=O)Nc1cc(C)on1. The van der Waals surface area contributed by atoms with Crippen LogP contribution in [0.2, 0.25) is 0 Å². The predicted molar refractivity (Wildman–Crippen MR) is 101 cm³/mol. The first-order chi connectivity index (χ1) is 13.4. The summed E-state index contributed by atoms with van der Waals surface area (Å²) >= 11 is 0. The lowest BCUT2D eigenvalue weighted by atomic mass is 10.1. The van der Waals surface area contributed by atoms with E-state index in [4.69, 9.17) is 9.26 Å². The number of nitrogens with zero attached hydrogens (tertiary/aromatic N) is 3. The number of anilines is 1. The van der Waals surface area contributed by atoms with Crippen molar-refractivity contribution in [2.45, 2.75) is 39.8 Å². The molecule has 0 unspecified atom stereocenters. The Morgan fingerprint density at radius 2 is 1.96 bits per heavy atom. The summed E-state index contributed by atoms with van der Waals surface area (Å²) in [7, 11) is 0. The van der Waals surface area contributed by atoms with Gasteiger partial charge in [0.05, 0.1) is 5.39 Å². The number of carbonyl (C=O) groups is 2. The highest BCUT2D eigenvalue weighted by Crippen LogP contribution is 2.16. The van der Waals surface area contributed by atoms with E-state index >= 15 is 0 Å². The summed E-state index contributed by atoms with van der Waals surface area (Å²) in [6, 6.07) is 8.21. The molecule has 1 amide bonds. The molecule has 0 aliphatic carbocycles.